The quantitative estimate of drug-likeness (QED) is 0.886. The lowest BCUT2D eigenvalue weighted by Gasteiger charge is -2.32. The van der Waals surface area contributed by atoms with Crippen molar-refractivity contribution in [1.29, 1.82) is 0 Å². The van der Waals surface area contributed by atoms with Crippen molar-refractivity contribution in [1.82, 2.24) is 0 Å². The first-order chi connectivity index (χ1) is 9.25. The van der Waals surface area contributed by atoms with Gasteiger partial charge in [-0.15, -0.1) is 0 Å². The van der Waals surface area contributed by atoms with Gasteiger partial charge in [-0.05, 0) is 38.3 Å². The average Bonchev–Trinajstić information content (AvgIpc) is 2.77. The highest BCUT2D eigenvalue weighted by Gasteiger charge is 2.54. The summed E-state index contributed by atoms with van der Waals surface area (Å²) >= 11 is 0. The number of hydrogen-bond donors (Lipinski definition) is 2. The van der Waals surface area contributed by atoms with Gasteiger partial charge in [0.2, 0.25) is 0 Å². The highest BCUT2D eigenvalue weighted by atomic mass is 32.2. The van der Waals surface area contributed by atoms with Crippen molar-refractivity contribution in [3.05, 3.63) is 29.8 Å². The fourth-order valence-electron chi connectivity index (χ4n) is 2.89. The van der Waals surface area contributed by atoms with E-state index in [2.05, 4.69) is 5.32 Å². The zero-order chi connectivity index (χ0) is 15.0. The Morgan fingerprint density at radius 3 is 2.45 bits per heavy atom. The maximum Gasteiger partial charge on any atom is 0.330 e. The molecule has 0 radical (unpaired) electrons. The Kier molecular flexibility index (Phi) is 3.77. The van der Waals surface area contributed by atoms with Gasteiger partial charge in [0.05, 0.1) is 5.25 Å². The molecule has 0 aromatic heterocycles. The molecule has 110 valence electrons. The van der Waals surface area contributed by atoms with Crippen LogP contribution in [0, 0.1) is 6.92 Å². The minimum Gasteiger partial charge on any atom is -0.479 e. The molecular weight excluding hydrogens is 278 g/mol. The molecular formula is C14H19NO4S. The molecule has 0 aliphatic heterocycles. The van der Waals surface area contributed by atoms with E-state index in [0.29, 0.717) is 24.9 Å². The summed E-state index contributed by atoms with van der Waals surface area (Å²) < 4.78 is 23.8. The molecule has 2 atom stereocenters. The lowest BCUT2D eigenvalue weighted by Crippen LogP contribution is -2.55. The molecule has 2 unspecified atom stereocenters. The van der Waals surface area contributed by atoms with Gasteiger partial charge < -0.3 is 10.4 Å². The molecule has 1 aromatic rings. The number of carboxylic acid groups (broad SMARTS) is 1. The zero-order valence-electron chi connectivity index (χ0n) is 11.6. The third kappa shape index (κ3) is 2.65. The SMILES string of the molecule is Cc1ccc(NC2(C(=O)O)CCCC2S(C)(=O)=O)cc1. The van der Waals surface area contributed by atoms with E-state index in [1.54, 1.807) is 12.1 Å². The lowest BCUT2D eigenvalue weighted by atomic mass is 9.96. The molecule has 1 aliphatic rings. The fraction of sp³-hybridized carbons (Fsp3) is 0.500. The van der Waals surface area contributed by atoms with E-state index in [1.807, 2.05) is 19.1 Å². The highest BCUT2D eigenvalue weighted by Crippen LogP contribution is 2.38. The van der Waals surface area contributed by atoms with Crippen LogP contribution >= 0.6 is 0 Å². The van der Waals surface area contributed by atoms with E-state index in [-0.39, 0.29) is 0 Å². The fourth-order valence-corrected chi connectivity index (χ4v) is 4.49. The summed E-state index contributed by atoms with van der Waals surface area (Å²) in [5.41, 5.74) is 0.266. The number of anilines is 1. The predicted molar refractivity (Wildman–Crippen MR) is 77.7 cm³/mol. The molecule has 1 saturated carbocycles. The molecule has 2 N–H and O–H groups in total. The minimum atomic E-state index is -3.43. The molecule has 2 rings (SSSR count). The second kappa shape index (κ2) is 5.09. The van der Waals surface area contributed by atoms with Crippen molar-refractivity contribution in [2.75, 3.05) is 11.6 Å². The molecule has 0 heterocycles. The average molecular weight is 297 g/mol. The first-order valence-corrected chi connectivity index (χ1v) is 8.48. The maximum atomic E-state index is 11.9. The Bertz CT molecular complexity index is 609. The topological polar surface area (TPSA) is 83.5 Å². The summed E-state index contributed by atoms with van der Waals surface area (Å²) in [6.07, 6.45) is 2.39. The molecule has 0 amide bonds. The number of carbonyl (C=O) groups is 1. The number of carboxylic acids is 1. The monoisotopic (exact) mass is 297 g/mol. The van der Waals surface area contributed by atoms with Crippen LogP contribution in [0.3, 0.4) is 0 Å². The van der Waals surface area contributed by atoms with E-state index >= 15 is 0 Å². The standard InChI is InChI=1S/C14H19NO4S/c1-10-5-7-11(8-6-10)15-14(13(16)17)9-3-4-12(14)20(2,18)19/h5-8,12,15H,3-4,9H2,1-2H3,(H,16,17). The van der Waals surface area contributed by atoms with Crippen molar-refractivity contribution in [2.45, 2.75) is 37.0 Å². The molecule has 1 fully saturated rings. The predicted octanol–water partition coefficient (Wildman–Crippen LogP) is 1.83. The third-order valence-corrected chi connectivity index (χ3v) is 5.58. The molecule has 6 heteroatoms. The van der Waals surface area contributed by atoms with Crippen LogP contribution in [0.4, 0.5) is 5.69 Å². The van der Waals surface area contributed by atoms with Gasteiger partial charge in [0, 0.05) is 11.9 Å². The van der Waals surface area contributed by atoms with Crippen molar-refractivity contribution >= 4 is 21.5 Å². The minimum absolute atomic E-state index is 0.313. The number of hydrogen-bond acceptors (Lipinski definition) is 4. The molecule has 1 aliphatic carbocycles. The van der Waals surface area contributed by atoms with Crippen LogP contribution in [0.5, 0.6) is 0 Å². The van der Waals surface area contributed by atoms with Gasteiger partial charge in [0.1, 0.15) is 0 Å². The van der Waals surface area contributed by atoms with Crippen LogP contribution in [0.15, 0.2) is 24.3 Å². The number of aliphatic carboxylic acids is 1. The van der Waals surface area contributed by atoms with Gasteiger partial charge in [-0.1, -0.05) is 17.7 Å². The molecule has 5 nitrogen and oxygen atoms in total. The van der Waals surface area contributed by atoms with Gasteiger partial charge in [-0.25, -0.2) is 13.2 Å². The molecule has 0 spiro atoms. The number of benzene rings is 1. The second-order valence-corrected chi connectivity index (χ2v) is 7.71. The highest BCUT2D eigenvalue weighted by molar-refractivity contribution is 7.91. The number of aryl methyl sites for hydroxylation is 1. The molecule has 0 saturated heterocycles. The van der Waals surface area contributed by atoms with E-state index in [1.165, 1.54) is 0 Å². The van der Waals surface area contributed by atoms with Gasteiger partial charge in [0.25, 0.3) is 0 Å². The molecule has 0 bridgehead atoms. The van der Waals surface area contributed by atoms with E-state index in [0.717, 1.165) is 11.8 Å². The Morgan fingerprint density at radius 1 is 1.35 bits per heavy atom. The van der Waals surface area contributed by atoms with Crippen LogP contribution in [0.1, 0.15) is 24.8 Å². The Balaban J connectivity index is 2.40. The van der Waals surface area contributed by atoms with Gasteiger partial charge in [0.15, 0.2) is 15.4 Å². The van der Waals surface area contributed by atoms with E-state index in [4.69, 9.17) is 0 Å². The summed E-state index contributed by atoms with van der Waals surface area (Å²) in [6.45, 7) is 1.94. The van der Waals surface area contributed by atoms with Gasteiger partial charge >= 0.3 is 5.97 Å². The summed E-state index contributed by atoms with van der Waals surface area (Å²) in [6, 6.07) is 7.28. The largest absolute Gasteiger partial charge is 0.479 e. The summed E-state index contributed by atoms with van der Waals surface area (Å²) in [7, 11) is -3.43. The Morgan fingerprint density at radius 2 is 1.95 bits per heavy atom. The van der Waals surface area contributed by atoms with Crippen LogP contribution in [-0.4, -0.2) is 36.5 Å². The maximum absolute atomic E-state index is 11.9. The van der Waals surface area contributed by atoms with Crippen LogP contribution in [0.2, 0.25) is 0 Å². The van der Waals surface area contributed by atoms with Crippen molar-refractivity contribution < 1.29 is 18.3 Å². The van der Waals surface area contributed by atoms with Gasteiger partial charge in [-0.2, -0.15) is 0 Å². The van der Waals surface area contributed by atoms with Gasteiger partial charge in [-0.3, -0.25) is 0 Å². The first-order valence-electron chi connectivity index (χ1n) is 6.53. The third-order valence-electron chi connectivity index (χ3n) is 3.90. The van der Waals surface area contributed by atoms with E-state index < -0.39 is 26.6 Å². The molecule has 1 aromatic carbocycles. The lowest BCUT2D eigenvalue weighted by molar-refractivity contribution is -0.141. The number of rotatable bonds is 4. The van der Waals surface area contributed by atoms with Crippen molar-refractivity contribution in [2.24, 2.45) is 0 Å². The second-order valence-electron chi connectivity index (χ2n) is 5.48. The summed E-state index contributed by atoms with van der Waals surface area (Å²) in [5, 5.41) is 11.7. The van der Waals surface area contributed by atoms with Crippen LogP contribution in [-0.2, 0) is 14.6 Å². The Hall–Kier alpha value is -1.56. The first kappa shape index (κ1) is 14.8. The normalized spacial score (nSPS) is 26.4. The van der Waals surface area contributed by atoms with Crippen molar-refractivity contribution in [3.8, 4) is 0 Å². The zero-order valence-corrected chi connectivity index (χ0v) is 12.4. The summed E-state index contributed by atoms with van der Waals surface area (Å²) in [4.78, 5) is 11.7. The van der Waals surface area contributed by atoms with E-state index in [9.17, 15) is 18.3 Å². The van der Waals surface area contributed by atoms with Crippen LogP contribution in [0.25, 0.3) is 0 Å². The number of sulfone groups is 1. The smallest absolute Gasteiger partial charge is 0.330 e. The number of nitrogens with one attached hydrogen (secondary N) is 1. The Labute approximate surface area is 118 Å². The van der Waals surface area contributed by atoms with Crippen LogP contribution < -0.4 is 5.32 Å². The molecule has 20 heavy (non-hydrogen) atoms. The summed E-state index contributed by atoms with van der Waals surface area (Å²) in [5.74, 6) is -1.11. The van der Waals surface area contributed by atoms with Crippen molar-refractivity contribution in [3.63, 3.8) is 0 Å².